The number of nitrogens with zero attached hydrogens (tertiary/aromatic N) is 4. The maximum atomic E-state index is 10.3. The second-order valence-corrected chi connectivity index (χ2v) is 5.75. The van der Waals surface area contributed by atoms with Crippen molar-refractivity contribution in [1.82, 2.24) is 14.8 Å². The average molecular weight is 337 g/mol. The van der Waals surface area contributed by atoms with E-state index in [2.05, 4.69) is 20.6 Å². The van der Waals surface area contributed by atoms with Crippen LogP contribution in [0.15, 0.2) is 54.2 Å². The number of anilines is 1. The molecule has 1 aromatic heterocycles. The molecule has 0 atom stereocenters. The third-order valence-corrected chi connectivity index (χ3v) is 3.81. The minimum Gasteiger partial charge on any atom is -0.507 e. The first-order valence-electron chi connectivity index (χ1n) is 7.81. The van der Waals surface area contributed by atoms with Gasteiger partial charge in [0, 0.05) is 23.4 Å². The predicted octanol–water partition coefficient (Wildman–Crippen LogP) is 2.76. The van der Waals surface area contributed by atoms with E-state index in [0.29, 0.717) is 18.7 Å². The third kappa shape index (κ3) is 4.14. The maximum absolute atomic E-state index is 10.3. The van der Waals surface area contributed by atoms with Crippen molar-refractivity contribution in [2.75, 3.05) is 5.32 Å². The molecule has 0 amide bonds. The van der Waals surface area contributed by atoms with Gasteiger partial charge in [-0.1, -0.05) is 23.4 Å². The van der Waals surface area contributed by atoms with Crippen molar-refractivity contribution >= 4 is 11.9 Å². The SMILES string of the molecule is Cc1cc(/C=N/O)c(O)c(CNc2ccc(Cn3cncn3)cc2)c1. The molecule has 0 saturated heterocycles. The maximum Gasteiger partial charge on any atom is 0.137 e. The molecule has 7 heteroatoms. The van der Waals surface area contributed by atoms with Crippen molar-refractivity contribution in [2.45, 2.75) is 20.0 Å². The molecule has 0 radical (unpaired) electrons. The number of phenols is 1. The lowest BCUT2D eigenvalue weighted by atomic mass is 10.0. The van der Waals surface area contributed by atoms with E-state index in [1.165, 1.54) is 12.5 Å². The number of oxime groups is 1. The predicted molar refractivity (Wildman–Crippen MR) is 95.1 cm³/mol. The molecule has 3 aromatic rings. The molecule has 128 valence electrons. The summed E-state index contributed by atoms with van der Waals surface area (Å²) in [7, 11) is 0. The Balaban J connectivity index is 1.67. The molecule has 0 bridgehead atoms. The van der Waals surface area contributed by atoms with E-state index in [4.69, 9.17) is 5.21 Å². The van der Waals surface area contributed by atoms with Crippen LogP contribution in [0.1, 0.15) is 22.3 Å². The molecule has 2 aromatic carbocycles. The Bertz CT molecular complexity index is 858. The zero-order valence-electron chi connectivity index (χ0n) is 13.8. The van der Waals surface area contributed by atoms with Crippen LogP contribution in [0.5, 0.6) is 5.75 Å². The summed E-state index contributed by atoms with van der Waals surface area (Å²) in [5.41, 5.74) is 4.27. The monoisotopic (exact) mass is 337 g/mol. The number of aryl methyl sites for hydroxylation is 1. The van der Waals surface area contributed by atoms with Gasteiger partial charge in [-0.05, 0) is 36.2 Å². The number of hydrogen-bond acceptors (Lipinski definition) is 6. The van der Waals surface area contributed by atoms with Gasteiger partial charge in [-0.25, -0.2) is 9.67 Å². The Kier molecular flexibility index (Phi) is 4.94. The van der Waals surface area contributed by atoms with E-state index in [1.807, 2.05) is 37.3 Å². The van der Waals surface area contributed by atoms with Gasteiger partial charge >= 0.3 is 0 Å². The third-order valence-electron chi connectivity index (χ3n) is 3.81. The zero-order valence-corrected chi connectivity index (χ0v) is 13.8. The highest BCUT2D eigenvalue weighted by Gasteiger charge is 2.08. The number of nitrogens with one attached hydrogen (secondary N) is 1. The average Bonchev–Trinajstić information content (AvgIpc) is 3.11. The Labute approximate surface area is 145 Å². The second kappa shape index (κ2) is 7.48. The Morgan fingerprint density at radius 3 is 2.72 bits per heavy atom. The van der Waals surface area contributed by atoms with Gasteiger partial charge in [0.15, 0.2) is 0 Å². The van der Waals surface area contributed by atoms with Crippen LogP contribution in [0, 0.1) is 6.92 Å². The van der Waals surface area contributed by atoms with Gasteiger partial charge in [0.2, 0.25) is 0 Å². The largest absolute Gasteiger partial charge is 0.507 e. The molecule has 0 unspecified atom stereocenters. The van der Waals surface area contributed by atoms with Crippen LogP contribution in [0.4, 0.5) is 5.69 Å². The molecule has 0 fully saturated rings. The minimum atomic E-state index is 0.110. The molecule has 0 aliphatic carbocycles. The van der Waals surface area contributed by atoms with E-state index in [0.717, 1.165) is 22.4 Å². The van der Waals surface area contributed by atoms with E-state index in [9.17, 15) is 5.11 Å². The smallest absolute Gasteiger partial charge is 0.137 e. The van der Waals surface area contributed by atoms with Crippen molar-refractivity contribution in [3.05, 3.63) is 71.3 Å². The van der Waals surface area contributed by atoms with Crippen molar-refractivity contribution in [2.24, 2.45) is 5.16 Å². The van der Waals surface area contributed by atoms with E-state index >= 15 is 0 Å². The molecular formula is C18H19N5O2. The van der Waals surface area contributed by atoms with Crippen molar-refractivity contribution in [3.8, 4) is 5.75 Å². The van der Waals surface area contributed by atoms with Gasteiger partial charge in [0.25, 0.3) is 0 Å². The fourth-order valence-corrected chi connectivity index (χ4v) is 2.61. The summed E-state index contributed by atoms with van der Waals surface area (Å²) >= 11 is 0. The molecule has 1 heterocycles. The van der Waals surface area contributed by atoms with Crippen LogP contribution in [-0.2, 0) is 13.1 Å². The van der Waals surface area contributed by atoms with Crippen LogP contribution in [-0.4, -0.2) is 31.3 Å². The van der Waals surface area contributed by atoms with Crippen LogP contribution < -0.4 is 5.32 Å². The number of aromatic hydroxyl groups is 1. The van der Waals surface area contributed by atoms with Crippen LogP contribution in [0.25, 0.3) is 0 Å². The van der Waals surface area contributed by atoms with E-state index in [-0.39, 0.29) is 5.75 Å². The highest BCUT2D eigenvalue weighted by Crippen LogP contribution is 2.24. The second-order valence-electron chi connectivity index (χ2n) is 5.75. The first-order valence-corrected chi connectivity index (χ1v) is 7.81. The first-order chi connectivity index (χ1) is 12.2. The molecule has 0 spiro atoms. The highest BCUT2D eigenvalue weighted by atomic mass is 16.4. The lowest BCUT2D eigenvalue weighted by Crippen LogP contribution is -2.03. The van der Waals surface area contributed by atoms with E-state index in [1.54, 1.807) is 17.1 Å². The van der Waals surface area contributed by atoms with Gasteiger partial charge < -0.3 is 15.6 Å². The highest BCUT2D eigenvalue weighted by molar-refractivity contribution is 5.84. The number of phenolic OH excluding ortho intramolecular Hbond substituents is 1. The van der Waals surface area contributed by atoms with Gasteiger partial charge in [-0.2, -0.15) is 5.10 Å². The number of hydrogen-bond donors (Lipinski definition) is 3. The zero-order chi connectivity index (χ0) is 17.6. The van der Waals surface area contributed by atoms with Crippen LogP contribution >= 0.6 is 0 Å². The van der Waals surface area contributed by atoms with Crippen molar-refractivity contribution < 1.29 is 10.3 Å². The topological polar surface area (TPSA) is 95.6 Å². The summed E-state index contributed by atoms with van der Waals surface area (Å²) in [4.78, 5) is 3.93. The normalized spacial score (nSPS) is 11.1. The molecule has 3 rings (SSSR count). The fourth-order valence-electron chi connectivity index (χ4n) is 2.61. The van der Waals surface area contributed by atoms with E-state index < -0.39 is 0 Å². The fraction of sp³-hybridized carbons (Fsp3) is 0.167. The van der Waals surface area contributed by atoms with Gasteiger partial charge in [-0.3, -0.25) is 0 Å². The quantitative estimate of drug-likeness (QED) is 0.365. The summed E-state index contributed by atoms with van der Waals surface area (Å²) in [6.07, 6.45) is 4.42. The number of aromatic nitrogens is 3. The molecule has 3 N–H and O–H groups in total. The van der Waals surface area contributed by atoms with Crippen LogP contribution in [0.2, 0.25) is 0 Å². The lowest BCUT2D eigenvalue weighted by molar-refractivity contribution is 0.321. The molecule has 7 nitrogen and oxygen atoms in total. The van der Waals surface area contributed by atoms with Gasteiger partial charge in [-0.15, -0.1) is 0 Å². The number of rotatable bonds is 6. The summed E-state index contributed by atoms with van der Waals surface area (Å²) in [6.45, 7) is 3.06. The summed E-state index contributed by atoms with van der Waals surface area (Å²) in [5, 5.41) is 29.3. The van der Waals surface area contributed by atoms with Gasteiger partial charge in [0.1, 0.15) is 18.4 Å². The summed E-state index contributed by atoms with van der Waals surface area (Å²) < 4.78 is 1.76. The first kappa shape index (κ1) is 16.5. The molecule has 0 saturated carbocycles. The van der Waals surface area contributed by atoms with Gasteiger partial charge in [0.05, 0.1) is 12.8 Å². The Morgan fingerprint density at radius 2 is 2.04 bits per heavy atom. The van der Waals surface area contributed by atoms with Crippen molar-refractivity contribution in [1.29, 1.82) is 0 Å². The molecule has 0 aliphatic rings. The molecular weight excluding hydrogens is 318 g/mol. The standard InChI is InChI=1S/C18H19N5O2/c1-13-6-15(18(24)16(7-13)9-22-25)8-20-17-4-2-14(3-5-17)10-23-12-19-11-21-23/h2-7,9,11-12,20,24-25H,8,10H2,1H3/b22-9+. The lowest BCUT2D eigenvalue weighted by Gasteiger charge is -2.11. The summed E-state index contributed by atoms with van der Waals surface area (Å²) in [6, 6.07) is 11.7. The molecule has 25 heavy (non-hydrogen) atoms. The molecule has 0 aliphatic heterocycles. The number of benzene rings is 2. The Morgan fingerprint density at radius 1 is 1.24 bits per heavy atom. The van der Waals surface area contributed by atoms with Crippen molar-refractivity contribution in [3.63, 3.8) is 0 Å². The Hall–Kier alpha value is -3.35. The summed E-state index contributed by atoms with van der Waals surface area (Å²) in [5.74, 6) is 0.110. The van der Waals surface area contributed by atoms with Crippen LogP contribution in [0.3, 0.4) is 0 Å². The minimum absolute atomic E-state index is 0.110.